The van der Waals surface area contributed by atoms with Crippen molar-refractivity contribution in [3.05, 3.63) is 70.4 Å². The van der Waals surface area contributed by atoms with Crippen LogP contribution in [0.4, 0.5) is 0 Å². The van der Waals surface area contributed by atoms with Gasteiger partial charge >= 0.3 is 0 Å². The summed E-state index contributed by atoms with van der Waals surface area (Å²) in [6.07, 6.45) is 7.30. The molecule has 4 heterocycles. The number of carbonyl (C=O) groups is 1. The topological polar surface area (TPSA) is 76.2 Å². The molecule has 0 saturated carbocycles. The van der Waals surface area contributed by atoms with Crippen molar-refractivity contribution in [1.82, 2.24) is 9.97 Å². The van der Waals surface area contributed by atoms with Gasteiger partial charge in [-0.1, -0.05) is 72.4 Å². The molecule has 0 fully saturated rings. The number of nitrogens with zero attached hydrogens (tertiary/aromatic N) is 2. The number of rotatable bonds is 8. The van der Waals surface area contributed by atoms with E-state index < -0.39 is 0 Å². The van der Waals surface area contributed by atoms with Gasteiger partial charge in [0.1, 0.15) is 0 Å². The van der Waals surface area contributed by atoms with Crippen molar-refractivity contribution in [3.8, 4) is 11.3 Å². The molecule has 5 nitrogen and oxygen atoms in total. The van der Waals surface area contributed by atoms with Gasteiger partial charge in [0, 0.05) is 54.0 Å². The first-order valence-corrected chi connectivity index (χ1v) is 17.8. The zero-order valence-corrected chi connectivity index (χ0v) is 32.6. The Hall–Kier alpha value is -2.86. The summed E-state index contributed by atoms with van der Waals surface area (Å²) in [6, 6.07) is 15.9. The van der Waals surface area contributed by atoms with E-state index in [1.807, 2.05) is 58.1 Å². The van der Waals surface area contributed by atoms with Gasteiger partial charge in [-0.25, -0.2) is 4.98 Å². The SMILES string of the molecule is CCC(CC)C(=O)/C=C(\O)C(CC)CC.Cc1ccc2c(n1)oc1c(-c3ccc4sc5c(c4n3)C(C)(C)CCC5(C)C)[c-]ccc12.[Ir]. The maximum atomic E-state index is 11.7. The number of allylic oxidation sites excluding steroid dienone is 2. The average molecular weight is 830 g/mol. The zero-order chi connectivity index (χ0) is 33.4. The van der Waals surface area contributed by atoms with Gasteiger partial charge in [-0.2, -0.15) is 0 Å². The molecule has 1 aromatic carbocycles. The normalized spacial score (nSPS) is 15.5. The van der Waals surface area contributed by atoms with Crippen molar-refractivity contribution in [2.24, 2.45) is 11.8 Å². The Bertz CT molecular complexity index is 1910. The molecule has 0 saturated heterocycles. The number of hydrogen-bond donors (Lipinski definition) is 1. The number of furan rings is 1. The summed E-state index contributed by atoms with van der Waals surface area (Å²) in [6.45, 7) is 19.5. The summed E-state index contributed by atoms with van der Waals surface area (Å²) in [7, 11) is 0. The standard InChI is InChI=1S/C27H25N2OS.C13H24O2.Ir/c1-15-9-10-17-16-7-6-8-18(23(16)30-25(17)28-15)19-11-12-20-22(29-19)21-24(31-20)27(4,5)14-13-26(21,2)3;1-5-10(6-2)12(14)9-13(15)11(7-3)8-4;/h6-7,9-12H,13-14H2,1-5H3;9-11,14H,5-8H2,1-4H3;/q-1;;/b;12-9-;. The molecular formula is C40H49IrN2O3S-. The number of carbonyl (C=O) groups excluding carboxylic acids is 1. The molecule has 1 N–H and O–H groups in total. The number of fused-ring (bicyclic) bond motifs is 6. The van der Waals surface area contributed by atoms with Crippen LogP contribution in [0, 0.1) is 24.8 Å². The molecule has 0 spiro atoms. The molecule has 6 rings (SSSR count). The maximum absolute atomic E-state index is 11.7. The fraction of sp³-hybridized carbons (Fsp3) is 0.475. The summed E-state index contributed by atoms with van der Waals surface area (Å²) in [4.78, 5) is 23.0. The summed E-state index contributed by atoms with van der Waals surface area (Å²) < 4.78 is 7.49. The van der Waals surface area contributed by atoms with E-state index in [1.54, 1.807) is 0 Å². The second-order valence-electron chi connectivity index (χ2n) is 14.1. The fourth-order valence-electron chi connectivity index (χ4n) is 6.77. The van der Waals surface area contributed by atoms with E-state index in [-0.39, 0.29) is 54.3 Å². The number of aliphatic hydroxyl groups excluding tert-OH is 1. The number of aliphatic hydroxyl groups is 1. The summed E-state index contributed by atoms with van der Waals surface area (Å²) in [5.74, 6) is 0.547. The molecule has 47 heavy (non-hydrogen) atoms. The Morgan fingerprint density at radius 3 is 2.26 bits per heavy atom. The van der Waals surface area contributed by atoms with E-state index in [0.717, 1.165) is 64.5 Å². The third-order valence-electron chi connectivity index (χ3n) is 9.98. The molecule has 7 heteroatoms. The number of aryl methyl sites for hydroxylation is 1. The number of ketones is 1. The van der Waals surface area contributed by atoms with Gasteiger partial charge in [-0.05, 0) is 85.7 Å². The molecule has 0 amide bonds. The van der Waals surface area contributed by atoms with Gasteiger partial charge in [-0.15, -0.1) is 29.5 Å². The van der Waals surface area contributed by atoms with Crippen molar-refractivity contribution in [2.75, 3.05) is 0 Å². The van der Waals surface area contributed by atoms with Crippen LogP contribution < -0.4 is 0 Å². The molecule has 253 valence electrons. The van der Waals surface area contributed by atoms with Gasteiger partial charge in [0.15, 0.2) is 5.78 Å². The van der Waals surface area contributed by atoms with Crippen LogP contribution >= 0.6 is 11.3 Å². The zero-order valence-electron chi connectivity index (χ0n) is 29.3. The Morgan fingerprint density at radius 2 is 1.60 bits per heavy atom. The fourth-order valence-corrected chi connectivity index (χ4v) is 8.22. The molecule has 0 atom stereocenters. The monoisotopic (exact) mass is 830 g/mol. The molecule has 1 aliphatic rings. The quantitative estimate of drug-likeness (QED) is 0.0958. The van der Waals surface area contributed by atoms with E-state index in [9.17, 15) is 9.90 Å². The molecule has 1 aliphatic carbocycles. The number of benzene rings is 1. The van der Waals surface area contributed by atoms with Crippen LogP contribution in [0.3, 0.4) is 0 Å². The summed E-state index contributed by atoms with van der Waals surface area (Å²) in [5.41, 5.74) is 7.16. The summed E-state index contributed by atoms with van der Waals surface area (Å²) >= 11 is 1.92. The van der Waals surface area contributed by atoms with E-state index in [2.05, 4.69) is 63.0 Å². The number of hydrogen-bond acceptors (Lipinski definition) is 6. The predicted molar refractivity (Wildman–Crippen MR) is 193 cm³/mol. The van der Waals surface area contributed by atoms with Crippen molar-refractivity contribution in [1.29, 1.82) is 0 Å². The second kappa shape index (κ2) is 14.7. The Labute approximate surface area is 297 Å². The first-order chi connectivity index (χ1) is 21.8. The Morgan fingerprint density at radius 1 is 0.936 bits per heavy atom. The van der Waals surface area contributed by atoms with E-state index in [4.69, 9.17) is 9.40 Å². The Balaban J connectivity index is 0.000000269. The molecule has 0 aliphatic heterocycles. The van der Waals surface area contributed by atoms with E-state index >= 15 is 0 Å². The number of aromatic nitrogens is 2. The minimum Gasteiger partial charge on any atom is -0.512 e. The first kappa shape index (κ1) is 37.0. The van der Waals surface area contributed by atoms with Gasteiger partial charge in [0.05, 0.1) is 21.6 Å². The Kier molecular flexibility index (Phi) is 11.6. The minimum atomic E-state index is 0. The second-order valence-corrected chi connectivity index (χ2v) is 15.2. The smallest absolute Gasteiger partial charge is 0.216 e. The van der Waals surface area contributed by atoms with Gasteiger partial charge < -0.3 is 9.52 Å². The molecule has 4 aromatic heterocycles. The van der Waals surface area contributed by atoms with E-state index in [0.29, 0.717) is 5.71 Å². The first-order valence-electron chi connectivity index (χ1n) is 16.9. The number of pyridine rings is 2. The van der Waals surface area contributed by atoms with Crippen molar-refractivity contribution < 1.29 is 34.4 Å². The van der Waals surface area contributed by atoms with Crippen LogP contribution in [0.15, 0.2) is 52.7 Å². The largest absolute Gasteiger partial charge is 0.512 e. The van der Waals surface area contributed by atoms with Gasteiger partial charge in [0.25, 0.3) is 0 Å². The molecule has 5 aromatic rings. The third-order valence-corrected chi connectivity index (χ3v) is 11.5. The van der Waals surface area contributed by atoms with Crippen LogP contribution in [-0.4, -0.2) is 20.9 Å². The molecule has 1 radical (unpaired) electrons. The average Bonchev–Trinajstić information content (AvgIpc) is 3.60. The molecular weight excluding hydrogens is 781 g/mol. The number of thiophene rings is 1. The molecule has 0 unspecified atom stereocenters. The maximum Gasteiger partial charge on any atom is 0.216 e. The van der Waals surface area contributed by atoms with Gasteiger partial charge in [0.2, 0.25) is 5.71 Å². The van der Waals surface area contributed by atoms with Crippen LogP contribution in [-0.2, 0) is 35.7 Å². The third kappa shape index (κ3) is 7.28. The van der Waals surface area contributed by atoms with Crippen LogP contribution in [0.2, 0.25) is 0 Å². The predicted octanol–water partition coefficient (Wildman–Crippen LogP) is 11.6. The van der Waals surface area contributed by atoms with Crippen LogP contribution in [0.1, 0.15) is 110 Å². The van der Waals surface area contributed by atoms with Crippen LogP contribution in [0.5, 0.6) is 0 Å². The van der Waals surface area contributed by atoms with Crippen molar-refractivity contribution in [2.45, 2.75) is 112 Å². The van der Waals surface area contributed by atoms with Crippen molar-refractivity contribution >= 4 is 49.4 Å². The minimum absolute atomic E-state index is 0. The van der Waals surface area contributed by atoms with Crippen LogP contribution in [0.25, 0.3) is 43.5 Å². The summed E-state index contributed by atoms with van der Waals surface area (Å²) in [5, 5.41) is 11.9. The van der Waals surface area contributed by atoms with Crippen molar-refractivity contribution in [3.63, 3.8) is 0 Å². The molecule has 0 bridgehead atoms. The van der Waals surface area contributed by atoms with E-state index in [1.165, 1.54) is 34.1 Å². The van der Waals surface area contributed by atoms with Gasteiger partial charge in [-0.3, -0.25) is 9.78 Å².